The van der Waals surface area contributed by atoms with Gasteiger partial charge < -0.3 is 5.11 Å². The van der Waals surface area contributed by atoms with Gasteiger partial charge in [-0.2, -0.15) is 0 Å². The molecule has 19 heavy (non-hydrogen) atoms. The van der Waals surface area contributed by atoms with Gasteiger partial charge in [-0.05, 0) is 31.2 Å². The normalized spacial score (nSPS) is 10.4. The van der Waals surface area contributed by atoms with Crippen LogP contribution in [0.25, 0.3) is 5.69 Å². The lowest BCUT2D eigenvalue weighted by atomic mass is 10.2. The number of rotatable bonds is 2. The lowest BCUT2D eigenvalue weighted by molar-refractivity contribution is 0.0693. The van der Waals surface area contributed by atoms with Gasteiger partial charge in [0, 0.05) is 5.02 Å². The Balaban J connectivity index is 2.79. The number of carboxylic acids is 1. The summed E-state index contributed by atoms with van der Waals surface area (Å²) in [6, 6.07) is 6.38. The molecule has 0 aliphatic carbocycles. The van der Waals surface area contributed by atoms with Crippen LogP contribution in [0.15, 0.2) is 33.9 Å². The second kappa shape index (κ2) is 4.74. The summed E-state index contributed by atoms with van der Waals surface area (Å²) < 4.78 is 1.24. The van der Waals surface area contributed by atoms with Crippen molar-refractivity contribution >= 4 is 17.6 Å². The van der Waals surface area contributed by atoms with Gasteiger partial charge in [0.1, 0.15) is 5.56 Å². The Morgan fingerprint density at radius 2 is 1.84 bits per heavy atom. The van der Waals surface area contributed by atoms with E-state index in [1.165, 1.54) is 11.6 Å². The minimum atomic E-state index is -1.43. The molecular weight excluding hydrogens is 272 g/mol. The molecule has 0 saturated carbocycles. The van der Waals surface area contributed by atoms with Crippen LogP contribution >= 0.6 is 11.6 Å². The molecule has 2 N–H and O–H groups in total. The summed E-state index contributed by atoms with van der Waals surface area (Å²) in [5.74, 6) is -1.43. The molecule has 0 saturated heterocycles. The topological polar surface area (TPSA) is 92.2 Å². The molecule has 98 valence electrons. The number of benzene rings is 1. The van der Waals surface area contributed by atoms with Crippen molar-refractivity contribution in [1.29, 1.82) is 0 Å². The van der Waals surface area contributed by atoms with Crippen LogP contribution < -0.4 is 11.0 Å². The standard InChI is InChI=1S/C12H9ClN2O4/c1-6-9(12(18)19)10(16)11(17)14-15(6)8-4-2-7(13)3-5-8/h2-5H,1H3,(H,14,17)(H,18,19). The number of aromatic nitrogens is 2. The van der Waals surface area contributed by atoms with Crippen LogP contribution in [0.5, 0.6) is 0 Å². The highest BCUT2D eigenvalue weighted by Gasteiger charge is 2.18. The predicted molar refractivity (Wildman–Crippen MR) is 69.4 cm³/mol. The van der Waals surface area contributed by atoms with Gasteiger partial charge in [-0.15, -0.1) is 0 Å². The highest BCUT2D eigenvalue weighted by Crippen LogP contribution is 2.14. The van der Waals surface area contributed by atoms with Crippen LogP contribution in [0.3, 0.4) is 0 Å². The van der Waals surface area contributed by atoms with Crippen molar-refractivity contribution in [2.24, 2.45) is 0 Å². The molecule has 2 aromatic rings. The molecule has 0 fully saturated rings. The second-order valence-electron chi connectivity index (χ2n) is 3.85. The Morgan fingerprint density at radius 1 is 1.26 bits per heavy atom. The Hall–Kier alpha value is -2.34. The number of hydrogen-bond acceptors (Lipinski definition) is 3. The quantitative estimate of drug-likeness (QED) is 0.808. The van der Waals surface area contributed by atoms with E-state index in [0.29, 0.717) is 10.7 Å². The first kappa shape index (κ1) is 13.1. The molecule has 0 aliphatic heterocycles. The van der Waals surface area contributed by atoms with Gasteiger partial charge in [0.2, 0.25) is 0 Å². The number of carbonyl (C=O) groups is 1. The van der Waals surface area contributed by atoms with E-state index in [2.05, 4.69) is 5.10 Å². The van der Waals surface area contributed by atoms with Crippen molar-refractivity contribution in [3.8, 4) is 5.69 Å². The predicted octanol–water partition coefficient (Wildman–Crippen LogP) is 1.19. The molecule has 0 bridgehead atoms. The third-order valence-corrected chi connectivity index (χ3v) is 2.89. The average Bonchev–Trinajstić information content (AvgIpc) is 2.35. The molecular formula is C12H9ClN2O4. The highest BCUT2D eigenvalue weighted by molar-refractivity contribution is 6.30. The number of carboxylic acid groups (broad SMARTS) is 1. The summed E-state index contributed by atoms with van der Waals surface area (Å²) in [5, 5.41) is 11.8. The number of hydrogen-bond donors (Lipinski definition) is 2. The van der Waals surface area contributed by atoms with Crippen molar-refractivity contribution in [3.63, 3.8) is 0 Å². The smallest absolute Gasteiger partial charge is 0.341 e. The summed E-state index contributed by atoms with van der Waals surface area (Å²) in [5.41, 5.74) is -1.95. The number of aromatic amines is 1. The van der Waals surface area contributed by atoms with Gasteiger partial charge in [0.25, 0.3) is 5.43 Å². The van der Waals surface area contributed by atoms with Crippen LogP contribution in [0.1, 0.15) is 16.1 Å². The Morgan fingerprint density at radius 3 is 2.37 bits per heavy atom. The molecule has 0 atom stereocenters. The van der Waals surface area contributed by atoms with Gasteiger partial charge >= 0.3 is 11.5 Å². The van der Waals surface area contributed by atoms with E-state index >= 15 is 0 Å². The maximum Gasteiger partial charge on any atom is 0.341 e. The van der Waals surface area contributed by atoms with E-state index in [1.54, 1.807) is 24.3 Å². The molecule has 6 nitrogen and oxygen atoms in total. The number of aromatic carboxylic acids is 1. The van der Waals surface area contributed by atoms with Gasteiger partial charge in [-0.25, -0.2) is 4.79 Å². The number of nitrogens with zero attached hydrogens (tertiary/aromatic N) is 1. The van der Waals surface area contributed by atoms with Crippen LogP contribution in [0.2, 0.25) is 5.02 Å². The Labute approximate surface area is 111 Å². The van der Waals surface area contributed by atoms with Gasteiger partial charge in [-0.1, -0.05) is 11.6 Å². The fourth-order valence-electron chi connectivity index (χ4n) is 1.73. The van der Waals surface area contributed by atoms with E-state index in [9.17, 15) is 14.4 Å². The molecule has 1 heterocycles. The lowest BCUT2D eigenvalue weighted by Crippen LogP contribution is -2.37. The van der Waals surface area contributed by atoms with Gasteiger partial charge in [-0.3, -0.25) is 19.4 Å². The average molecular weight is 281 g/mol. The van der Waals surface area contributed by atoms with Crippen molar-refractivity contribution < 1.29 is 9.90 Å². The lowest BCUT2D eigenvalue weighted by Gasteiger charge is -2.11. The second-order valence-corrected chi connectivity index (χ2v) is 4.28. The zero-order valence-corrected chi connectivity index (χ0v) is 10.6. The third kappa shape index (κ3) is 2.30. The summed E-state index contributed by atoms with van der Waals surface area (Å²) in [7, 11) is 0. The van der Waals surface area contributed by atoms with E-state index in [-0.39, 0.29) is 5.69 Å². The molecule has 1 aromatic heterocycles. The maximum atomic E-state index is 11.5. The molecule has 0 amide bonds. The molecule has 0 aliphatic rings. The highest BCUT2D eigenvalue weighted by atomic mass is 35.5. The van der Waals surface area contributed by atoms with Crippen LogP contribution in [0.4, 0.5) is 0 Å². The van der Waals surface area contributed by atoms with Crippen molar-refractivity contribution in [2.45, 2.75) is 6.92 Å². The largest absolute Gasteiger partial charge is 0.477 e. The van der Waals surface area contributed by atoms with Crippen LogP contribution in [0, 0.1) is 6.92 Å². The van der Waals surface area contributed by atoms with E-state index in [4.69, 9.17) is 16.7 Å². The maximum absolute atomic E-state index is 11.5. The number of halogens is 1. The number of nitrogens with one attached hydrogen (secondary N) is 1. The number of H-pyrrole nitrogens is 1. The fourth-order valence-corrected chi connectivity index (χ4v) is 1.85. The Bertz CT molecular complexity index is 759. The van der Waals surface area contributed by atoms with E-state index < -0.39 is 22.5 Å². The molecule has 0 radical (unpaired) electrons. The molecule has 7 heteroatoms. The SMILES string of the molecule is Cc1c(C(=O)O)c(=O)c(=O)[nH]n1-c1ccc(Cl)cc1. The summed E-state index contributed by atoms with van der Waals surface area (Å²) in [6.45, 7) is 1.44. The van der Waals surface area contributed by atoms with Gasteiger partial charge in [0.05, 0.1) is 11.4 Å². The monoisotopic (exact) mass is 280 g/mol. The minimum absolute atomic E-state index is 0.138. The van der Waals surface area contributed by atoms with Crippen molar-refractivity contribution in [1.82, 2.24) is 9.78 Å². The first-order chi connectivity index (χ1) is 8.91. The summed E-state index contributed by atoms with van der Waals surface area (Å²) in [6.07, 6.45) is 0. The summed E-state index contributed by atoms with van der Waals surface area (Å²) in [4.78, 5) is 34.0. The minimum Gasteiger partial charge on any atom is -0.477 e. The van der Waals surface area contributed by atoms with Gasteiger partial charge in [0.15, 0.2) is 0 Å². The summed E-state index contributed by atoms with van der Waals surface area (Å²) >= 11 is 5.75. The molecule has 1 aromatic carbocycles. The first-order valence-corrected chi connectivity index (χ1v) is 5.65. The van der Waals surface area contributed by atoms with Crippen molar-refractivity contribution in [3.05, 3.63) is 61.1 Å². The molecule has 0 unspecified atom stereocenters. The first-order valence-electron chi connectivity index (χ1n) is 5.27. The molecule has 2 rings (SSSR count). The fraction of sp³-hybridized carbons (Fsp3) is 0.0833. The zero-order chi connectivity index (χ0) is 14.2. The Kier molecular flexibility index (Phi) is 3.26. The van der Waals surface area contributed by atoms with E-state index in [0.717, 1.165) is 0 Å². The van der Waals surface area contributed by atoms with Crippen LogP contribution in [-0.2, 0) is 0 Å². The third-order valence-electron chi connectivity index (χ3n) is 2.64. The van der Waals surface area contributed by atoms with Crippen LogP contribution in [-0.4, -0.2) is 20.9 Å². The van der Waals surface area contributed by atoms with E-state index in [1.807, 2.05) is 0 Å². The zero-order valence-electron chi connectivity index (χ0n) is 9.81. The van der Waals surface area contributed by atoms with Crippen molar-refractivity contribution in [2.75, 3.05) is 0 Å². The molecule has 0 spiro atoms.